The Morgan fingerprint density at radius 3 is 2.35 bits per heavy atom. The minimum absolute atomic E-state index is 0.0684. The number of hydrogen-bond acceptors (Lipinski definition) is 7. The molecule has 1 aliphatic rings. The first-order valence-corrected chi connectivity index (χ1v) is 8.77. The summed E-state index contributed by atoms with van der Waals surface area (Å²) in [5.41, 5.74) is 1.02. The van der Waals surface area contributed by atoms with E-state index in [1.54, 1.807) is 24.5 Å². The van der Waals surface area contributed by atoms with Crippen LogP contribution in [0, 0.1) is 6.92 Å². The first-order chi connectivity index (χ1) is 12.3. The first kappa shape index (κ1) is 18.0. The standard InChI is InChI=1S/C18H25N7O/c1-13-12-14(22-16(21-13)23-18(2,3)4)15(26)24-8-10-25(11-9-24)17-19-6-5-7-20-17/h5-7,12H,8-11H2,1-4H3,(H,21,22,23). The number of nitrogens with zero attached hydrogens (tertiary/aromatic N) is 6. The van der Waals surface area contributed by atoms with Crippen LogP contribution >= 0.6 is 0 Å². The highest BCUT2D eigenvalue weighted by Gasteiger charge is 2.25. The van der Waals surface area contributed by atoms with Crippen LogP contribution in [0.5, 0.6) is 0 Å². The highest BCUT2D eigenvalue weighted by Crippen LogP contribution is 2.15. The number of carbonyl (C=O) groups excluding carboxylic acids is 1. The molecule has 0 aliphatic carbocycles. The number of anilines is 2. The maximum Gasteiger partial charge on any atom is 0.272 e. The normalized spacial score (nSPS) is 15.1. The average Bonchev–Trinajstić information content (AvgIpc) is 2.60. The molecule has 0 unspecified atom stereocenters. The van der Waals surface area contributed by atoms with Gasteiger partial charge in [-0.1, -0.05) is 0 Å². The van der Waals surface area contributed by atoms with E-state index in [1.165, 1.54) is 0 Å². The Hall–Kier alpha value is -2.77. The third kappa shape index (κ3) is 4.44. The van der Waals surface area contributed by atoms with Crippen molar-refractivity contribution < 1.29 is 4.79 Å². The lowest BCUT2D eigenvalue weighted by Crippen LogP contribution is -2.49. The van der Waals surface area contributed by atoms with Gasteiger partial charge in [0.05, 0.1) is 0 Å². The summed E-state index contributed by atoms with van der Waals surface area (Å²) in [6.07, 6.45) is 3.46. The third-order valence-electron chi connectivity index (χ3n) is 3.96. The van der Waals surface area contributed by atoms with Crippen LogP contribution in [-0.2, 0) is 0 Å². The molecule has 0 radical (unpaired) electrons. The Labute approximate surface area is 153 Å². The van der Waals surface area contributed by atoms with E-state index >= 15 is 0 Å². The van der Waals surface area contributed by atoms with E-state index in [9.17, 15) is 4.79 Å². The number of rotatable bonds is 3. The van der Waals surface area contributed by atoms with Gasteiger partial charge in [0.25, 0.3) is 5.91 Å². The second kappa shape index (κ2) is 7.23. The highest BCUT2D eigenvalue weighted by atomic mass is 16.2. The van der Waals surface area contributed by atoms with Crippen molar-refractivity contribution in [2.24, 2.45) is 0 Å². The molecule has 3 heterocycles. The number of carbonyl (C=O) groups is 1. The summed E-state index contributed by atoms with van der Waals surface area (Å²) >= 11 is 0. The number of hydrogen-bond donors (Lipinski definition) is 1. The monoisotopic (exact) mass is 355 g/mol. The van der Waals surface area contributed by atoms with E-state index in [2.05, 4.69) is 30.2 Å². The molecule has 26 heavy (non-hydrogen) atoms. The van der Waals surface area contributed by atoms with Crippen molar-refractivity contribution in [3.63, 3.8) is 0 Å². The summed E-state index contributed by atoms with van der Waals surface area (Å²) in [7, 11) is 0. The minimum Gasteiger partial charge on any atom is -0.350 e. The number of aromatic nitrogens is 4. The summed E-state index contributed by atoms with van der Waals surface area (Å²) in [4.78, 5) is 34.1. The highest BCUT2D eigenvalue weighted by molar-refractivity contribution is 5.92. The maximum atomic E-state index is 12.9. The van der Waals surface area contributed by atoms with E-state index < -0.39 is 0 Å². The van der Waals surface area contributed by atoms with Crippen LogP contribution in [0.3, 0.4) is 0 Å². The molecule has 1 fully saturated rings. The smallest absolute Gasteiger partial charge is 0.272 e. The van der Waals surface area contributed by atoms with Gasteiger partial charge in [-0.05, 0) is 39.8 Å². The molecule has 8 heteroatoms. The van der Waals surface area contributed by atoms with Crippen LogP contribution in [-0.4, -0.2) is 62.5 Å². The van der Waals surface area contributed by atoms with E-state index in [0.717, 1.165) is 5.69 Å². The molecule has 2 aromatic heterocycles. The van der Waals surface area contributed by atoms with Gasteiger partial charge in [-0.25, -0.2) is 19.9 Å². The van der Waals surface area contributed by atoms with Gasteiger partial charge in [0.1, 0.15) is 5.69 Å². The molecule has 0 spiro atoms. The number of aryl methyl sites for hydroxylation is 1. The fraction of sp³-hybridized carbons (Fsp3) is 0.500. The Kier molecular flexibility index (Phi) is 5.01. The van der Waals surface area contributed by atoms with Gasteiger partial charge in [0.2, 0.25) is 11.9 Å². The third-order valence-corrected chi connectivity index (χ3v) is 3.96. The van der Waals surface area contributed by atoms with Crippen LogP contribution in [0.1, 0.15) is 37.0 Å². The molecule has 138 valence electrons. The van der Waals surface area contributed by atoms with Gasteiger partial charge in [-0.15, -0.1) is 0 Å². The Morgan fingerprint density at radius 1 is 1.08 bits per heavy atom. The summed E-state index contributed by atoms with van der Waals surface area (Å²) in [6.45, 7) is 10.6. The van der Waals surface area contributed by atoms with Crippen molar-refractivity contribution in [3.8, 4) is 0 Å². The molecule has 0 atom stereocenters. The summed E-state index contributed by atoms with van der Waals surface area (Å²) in [5.74, 6) is 1.12. The molecular weight excluding hydrogens is 330 g/mol. The van der Waals surface area contributed by atoms with E-state index in [1.807, 2.05) is 32.6 Å². The van der Waals surface area contributed by atoms with Gasteiger partial charge >= 0.3 is 0 Å². The molecule has 8 nitrogen and oxygen atoms in total. The van der Waals surface area contributed by atoms with Crippen molar-refractivity contribution in [3.05, 3.63) is 35.9 Å². The molecule has 1 amide bonds. The fourth-order valence-electron chi connectivity index (χ4n) is 2.80. The van der Waals surface area contributed by atoms with Crippen molar-refractivity contribution in [2.45, 2.75) is 33.2 Å². The second-order valence-electron chi connectivity index (χ2n) is 7.42. The molecule has 0 bridgehead atoms. The summed E-state index contributed by atoms with van der Waals surface area (Å²) in [6, 6.07) is 3.53. The molecule has 1 N–H and O–H groups in total. The Balaban J connectivity index is 1.69. The van der Waals surface area contributed by atoms with Crippen LogP contribution in [0.25, 0.3) is 0 Å². The molecule has 1 saturated heterocycles. The number of amides is 1. The van der Waals surface area contributed by atoms with Crippen LogP contribution in [0.15, 0.2) is 24.5 Å². The molecular formula is C18H25N7O. The van der Waals surface area contributed by atoms with E-state index in [4.69, 9.17) is 0 Å². The lowest BCUT2D eigenvalue weighted by Gasteiger charge is -2.34. The average molecular weight is 355 g/mol. The molecule has 2 aromatic rings. The fourth-order valence-corrected chi connectivity index (χ4v) is 2.80. The van der Waals surface area contributed by atoms with Gasteiger partial charge in [0.15, 0.2) is 0 Å². The molecule has 0 saturated carbocycles. The van der Waals surface area contributed by atoms with Crippen LogP contribution < -0.4 is 10.2 Å². The summed E-state index contributed by atoms with van der Waals surface area (Å²) < 4.78 is 0. The van der Waals surface area contributed by atoms with Gasteiger partial charge in [-0.3, -0.25) is 4.79 Å². The van der Waals surface area contributed by atoms with Gasteiger partial charge in [-0.2, -0.15) is 0 Å². The minimum atomic E-state index is -0.171. The Bertz CT molecular complexity index is 765. The van der Waals surface area contributed by atoms with Crippen LogP contribution in [0.2, 0.25) is 0 Å². The predicted octanol–water partition coefficient (Wildman–Crippen LogP) is 1.75. The Morgan fingerprint density at radius 2 is 1.73 bits per heavy atom. The van der Waals surface area contributed by atoms with E-state index in [-0.39, 0.29) is 11.4 Å². The summed E-state index contributed by atoms with van der Waals surface area (Å²) in [5, 5.41) is 3.23. The van der Waals surface area contributed by atoms with Crippen molar-refractivity contribution >= 4 is 17.8 Å². The second-order valence-corrected chi connectivity index (χ2v) is 7.42. The van der Waals surface area contributed by atoms with E-state index in [0.29, 0.717) is 43.8 Å². The first-order valence-electron chi connectivity index (χ1n) is 8.77. The zero-order valence-electron chi connectivity index (χ0n) is 15.7. The number of nitrogens with one attached hydrogen (secondary N) is 1. The van der Waals surface area contributed by atoms with Crippen molar-refractivity contribution in [1.29, 1.82) is 0 Å². The maximum absolute atomic E-state index is 12.9. The van der Waals surface area contributed by atoms with Gasteiger partial charge < -0.3 is 15.1 Å². The quantitative estimate of drug-likeness (QED) is 0.897. The zero-order chi connectivity index (χ0) is 18.7. The van der Waals surface area contributed by atoms with Crippen molar-refractivity contribution in [2.75, 3.05) is 36.4 Å². The SMILES string of the molecule is Cc1cc(C(=O)N2CCN(c3ncccn3)CC2)nc(NC(C)(C)C)n1. The zero-order valence-corrected chi connectivity index (χ0v) is 15.7. The lowest BCUT2D eigenvalue weighted by molar-refractivity contribution is 0.0740. The lowest BCUT2D eigenvalue weighted by atomic mass is 10.1. The topological polar surface area (TPSA) is 87.1 Å². The van der Waals surface area contributed by atoms with Crippen LogP contribution in [0.4, 0.5) is 11.9 Å². The van der Waals surface area contributed by atoms with Crippen molar-refractivity contribution in [1.82, 2.24) is 24.8 Å². The number of piperazine rings is 1. The van der Waals surface area contributed by atoms with Gasteiger partial charge in [0, 0.05) is 49.8 Å². The largest absolute Gasteiger partial charge is 0.350 e. The molecule has 3 rings (SSSR count). The molecule has 0 aromatic carbocycles. The molecule has 1 aliphatic heterocycles. The predicted molar refractivity (Wildman–Crippen MR) is 100 cm³/mol.